The van der Waals surface area contributed by atoms with Gasteiger partial charge in [-0.1, -0.05) is 23.8 Å². The lowest BCUT2D eigenvalue weighted by atomic mass is 10.0. The molecule has 3 aromatic rings. The summed E-state index contributed by atoms with van der Waals surface area (Å²) in [5.74, 6) is 0.0296. The van der Waals surface area contributed by atoms with E-state index in [4.69, 9.17) is 0 Å². The Morgan fingerprint density at radius 1 is 1.10 bits per heavy atom. The van der Waals surface area contributed by atoms with E-state index in [1.807, 2.05) is 18.2 Å². The SMILES string of the molecule is C/C(=C\n1c2c(c3cc(C)ccc31)CN(C)CC2)c1cccc(C(=O)N(C)C)c1. The zero-order chi connectivity index (χ0) is 20.7. The van der Waals surface area contributed by atoms with Crippen LogP contribution in [0.5, 0.6) is 0 Å². The van der Waals surface area contributed by atoms with E-state index in [1.54, 1.807) is 19.0 Å². The highest BCUT2D eigenvalue weighted by atomic mass is 16.2. The van der Waals surface area contributed by atoms with Crippen LogP contribution in [0.15, 0.2) is 42.5 Å². The number of aromatic nitrogens is 1. The van der Waals surface area contributed by atoms with E-state index < -0.39 is 0 Å². The van der Waals surface area contributed by atoms with Crippen LogP contribution in [0.1, 0.15) is 39.7 Å². The van der Waals surface area contributed by atoms with E-state index in [0.29, 0.717) is 0 Å². The Bertz CT molecular complexity index is 1120. The zero-order valence-electron chi connectivity index (χ0n) is 18.0. The maximum absolute atomic E-state index is 12.4. The number of aryl methyl sites for hydroxylation is 1. The molecule has 0 aliphatic carbocycles. The number of benzene rings is 2. The summed E-state index contributed by atoms with van der Waals surface area (Å²) in [5, 5.41) is 1.35. The lowest BCUT2D eigenvalue weighted by Gasteiger charge is -2.23. The van der Waals surface area contributed by atoms with Crippen LogP contribution in [0, 0.1) is 6.92 Å². The van der Waals surface area contributed by atoms with Crippen LogP contribution in [-0.4, -0.2) is 48.0 Å². The molecular weight excluding hydrogens is 358 g/mol. The fraction of sp³-hybridized carbons (Fsp3) is 0.320. The average molecular weight is 388 g/mol. The van der Waals surface area contributed by atoms with Crippen molar-refractivity contribution in [1.29, 1.82) is 0 Å². The molecule has 2 heterocycles. The lowest BCUT2D eigenvalue weighted by molar-refractivity contribution is 0.0827. The average Bonchev–Trinajstić information content (AvgIpc) is 2.99. The highest BCUT2D eigenvalue weighted by Crippen LogP contribution is 2.32. The van der Waals surface area contributed by atoms with Crippen LogP contribution in [-0.2, 0) is 13.0 Å². The lowest BCUT2D eigenvalue weighted by Crippen LogP contribution is -2.26. The molecular formula is C25H29N3O. The Morgan fingerprint density at radius 3 is 2.62 bits per heavy atom. The van der Waals surface area contributed by atoms with E-state index >= 15 is 0 Å². The molecule has 0 radical (unpaired) electrons. The summed E-state index contributed by atoms with van der Waals surface area (Å²) in [6.07, 6.45) is 3.28. The Balaban J connectivity index is 1.83. The number of allylic oxidation sites excluding steroid dienone is 1. The smallest absolute Gasteiger partial charge is 0.253 e. The van der Waals surface area contributed by atoms with E-state index in [9.17, 15) is 4.79 Å². The number of carbonyl (C=O) groups excluding carboxylic acids is 1. The predicted molar refractivity (Wildman–Crippen MR) is 121 cm³/mol. The second-order valence-corrected chi connectivity index (χ2v) is 8.40. The van der Waals surface area contributed by atoms with Gasteiger partial charge in [0.25, 0.3) is 5.91 Å². The van der Waals surface area contributed by atoms with Gasteiger partial charge in [-0.05, 0) is 61.9 Å². The third-order valence-electron chi connectivity index (χ3n) is 5.83. The number of likely N-dealkylation sites (N-methyl/N-ethyl adjacent to an activating group) is 1. The maximum atomic E-state index is 12.4. The van der Waals surface area contributed by atoms with Crippen molar-refractivity contribution in [2.45, 2.75) is 26.8 Å². The molecule has 150 valence electrons. The Morgan fingerprint density at radius 2 is 1.86 bits per heavy atom. The normalized spacial score (nSPS) is 14.9. The van der Waals surface area contributed by atoms with Crippen LogP contribution in [0.25, 0.3) is 22.7 Å². The first-order valence-corrected chi connectivity index (χ1v) is 10.2. The van der Waals surface area contributed by atoms with Gasteiger partial charge in [-0.25, -0.2) is 0 Å². The number of nitrogens with zero attached hydrogens (tertiary/aromatic N) is 3. The Labute approximate surface area is 173 Å². The minimum atomic E-state index is 0.0296. The third-order valence-corrected chi connectivity index (χ3v) is 5.83. The number of hydrogen-bond acceptors (Lipinski definition) is 2. The molecule has 0 saturated carbocycles. The van der Waals surface area contributed by atoms with Gasteiger partial charge in [0.1, 0.15) is 0 Å². The number of rotatable bonds is 3. The van der Waals surface area contributed by atoms with Gasteiger partial charge in [0.2, 0.25) is 0 Å². The van der Waals surface area contributed by atoms with Crippen molar-refractivity contribution >= 4 is 28.6 Å². The van der Waals surface area contributed by atoms with E-state index in [1.165, 1.54) is 27.7 Å². The molecule has 1 aromatic heterocycles. The number of amides is 1. The fourth-order valence-corrected chi connectivity index (χ4v) is 4.21. The molecule has 4 heteroatoms. The van der Waals surface area contributed by atoms with Crippen molar-refractivity contribution in [2.75, 3.05) is 27.7 Å². The summed E-state index contributed by atoms with van der Waals surface area (Å²) in [6, 6.07) is 14.6. The fourth-order valence-electron chi connectivity index (χ4n) is 4.21. The van der Waals surface area contributed by atoms with Crippen LogP contribution in [0.4, 0.5) is 0 Å². The van der Waals surface area contributed by atoms with Gasteiger partial charge in [-0.15, -0.1) is 0 Å². The summed E-state index contributed by atoms with van der Waals surface area (Å²) >= 11 is 0. The molecule has 2 aromatic carbocycles. The molecule has 0 saturated heterocycles. The monoisotopic (exact) mass is 387 g/mol. The summed E-state index contributed by atoms with van der Waals surface area (Å²) in [7, 11) is 5.76. The molecule has 1 aliphatic heterocycles. The van der Waals surface area contributed by atoms with E-state index in [-0.39, 0.29) is 5.91 Å². The quantitative estimate of drug-likeness (QED) is 0.654. The highest BCUT2D eigenvalue weighted by molar-refractivity contribution is 5.95. The standard InChI is InChI=1S/C25H29N3O/c1-17-9-10-23-21(13-17)22-16-27(5)12-11-24(22)28(23)15-18(2)19-7-6-8-20(14-19)25(29)26(3)4/h6-10,13-15H,11-12,16H2,1-5H3/b18-15+. The molecule has 4 nitrogen and oxygen atoms in total. The maximum Gasteiger partial charge on any atom is 0.253 e. The van der Waals surface area contributed by atoms with Crippen molar-refractivity contribution in [3.05, 3.63) is 70.4 Å². The van der Waals surface area contributed by atoms with Crippen molar-refractivity contribution in [1.82, 2.24) is 14.4 Å². The first-order valence-electron chi connectivity index (χ1n) is 10.2. The third kappa shape index (κ3) is 3.60. The zero-order valence-corrected chi connectivity index (χ0v) is 18.0. The summed E-state index contributed by atoms with van der Waals surface area (Å²) < 4.78 is 2.37. The number of carbonyl (C=O) groups is 1. The molecule has 1 aliphatic rings. The van der Waals surface area contributed by atoms with Crippen molar-refractivity contribution in [3.8, 4) is 0 Å². The molecule has 4 rings (SSSR count). The van der Waals surface area contributed by atoms with Crippen molar-refractivity contribution < 1.29 is 4.79 Å². The molecule has 0 spiro atoms. The molecule has 0 fully saturated rings. The van der Waals surface area contributed by atoms with Crippen LogP contribution >= 0.6 is 0 Å². The molecule has 0 unspecified atom stereocenters. The van der Waals surface area contributed by atoms with E-state index in [0.717, 1.165) is 36.2 Å². The summed E-state index contributed by atoms with van der Waals surface area (Å²) in [5.41, 5.74) is 8.35. The molecule has 0 N–H and O–H groups in total. The first-order chi connectivity index (χ1) is 13.8. The Kier molecular flexibility index (Phi) is 5.05. The van der Waals surface area contributed by atoms with Gasteiger partial charge in [0.05, 0.1) is 5.52 Å². The predicted octanol–water partition coefficient (Wildman–Crippen LogP) is 4.66. The topological polar surface area (TPSA) is 28.5 Å². The molecule has 0 atom stereocenters. The number of fused-ring (bicyclic) bond motifs is 3. The van der Waals surface area contributed by atoms with Crippen molar-refractivity contribution in [2.24, 2.45) is 0 Å². The van der Waals surface area contributed by atoms with Gasteiger partial charge < -0.3 is 14.4 Å². The highest BCUT2D eigenvalue weighted by Gasteiger charge is 2.22. The van der Waals surface area contributed by atoms with Crippen molar-refractivity contribution in [3.63, 3.8) is 0 Å². The number of hydrogen-bond donors (Lipinski definition) is 0. The minimum absolute atomic E-state index is 0.0296. The van der Waals surface area contributed by atoms with Gasteiger partial charge >= 0.3 is 0 Å². The van der Waals surface area contributed by atoms with Gasteiger partial charge in [0, 0.05) is 56.4 Å². The van der Waals surface area contributed by atoms with Gasteiger partial charge in [-0.3, -0.25) is 4.79 Å². The van der Waals surface area contributed by atoms with Crippen LogP contribution < -0.4 is 0 Å². The minimum Gasteiger partial charge on any atom is -0.345 e. The van der Waals surface area contributed by atoms with Gasteiger partial charge in [-0.2, -0.15) is 0 Å². The molecule has 29 heavy (non-hydrogen) atoms. The molecule has 1 amide bonds. The summed E-state index contributed by atoms with van der Waals surface area (Å²) in [6.45, 7) is 6.34. The molecule has 0 bridgehead atoms. The largest absolute Gasteiger partial charge is 0.345 e. The van der Waals surface area contributed by atoms with Crippen LogP contribution in [0.3, 0.4) is 0 Å². The van der Waals surface area contributed by atoms with E-state index in [2.05, 4.69) is 60.8 Å². The second-order valence-electron chi connectivity index (χ2n) is 8.40. The second kappa shape index (κ2) is 7.53. The first kappa shape index (κ1) is 19.5. The summed E-state index contributed by atoms with van der Waals surface area (Å²) in [4.78, 5) is 16.4. The van der Waals surface area contributed by atoms with Crippen LogP contribution in [0.2, 0.25) is 0 Å². The van der Waals surface area contributed by atoms with Gasteiger partial charge in [0.15, 0.2) is 0 Å². The Hall–Kier alpha value is -2.85.